The summed E-state index contributed by atoms with van der Waals surface area (Å²) < 4.78 is 28.0. The lowest BCUT2D eigenvalue weighted by molar-refractivity contribution is -0.128. The van der Waals surface area contributed by atoms with Gasteiger partial charge in [-0.05, 0) is 6.07 Å². The Kier molecular flexibility index (Phi) is 2.89. The summed E-state index contributed by atoms with van der Waals surface area (Å²) in [6.45, 7) is 0. The fourth-order valence-electron chi connectivity index (χ4n) is 0.761. The summed E-state index contributed by atoms with van der Waals surface area (Å²) in [4.78, 5) is 21.5. The van der Waals surface area contributed by atoms with E-state index in [1.807, 2.05) is 0 Å². The normalized spacial score (nSPS) is 10.4. The van der Waals surface area contributed by atoms with Crippen molar-refractivity contribution >= 4 is 11.6 Å². The van der Waals surface area contributed by atoms with Crippen molar-refractivity contribution in [2.45, 2.75) is 12.8 Å². The summed E-state index contributed by atoms with van der Waals surface area (Å²) in [5.74, 6) is -2.02. The molecule has 0 N–H and O–H groups in total. The van der Waals surface area contributed by atoms with Gasteiger partial charge in [0.25, 0.3) is 6.43 Å². The van der Waals surface area contributed by atoms with Gasteiger partial charge in [-0.3, -0.25) is 9.59 Å². The van der Waals surface area contributed by atoms with Crippen LogP contribution in [-0.4, -0.2) is 18.0 Å². The summed E-state index contributed by atoms with van der Waals surface area (Å²) >= 11 is 0. The third kappa shape index (κ3) is 2.47. The molecule has 0 aliphatic heterocycles. The van der Waals surface area contributed by atoms with Crippen LogP contribution in [0.3, 0.4) is 0 Å². The number of alkyl halides is 2. The van der Waals surface area contributed by atoms with Crippen molar-refractivity contribution in [3.05, 3.63) is 24.2 Å². The van der Waals surface area contributed by atoms with Gasteiger partial charge in [-0.1, -0.05) is 0 Å². The SMILES string of the molecule is O=C(CC(=O)C(F)F)c1ccoc1. The Morgan fingerprint density at radius 1 is 1.46 bits per heavy atom. The molecule has 5 heteroatoms. The van der Waals surface area contributed by atoms with Crippen molar-refractivity contribution < 1.29 is 22.8 Å². The number of Topliss-reactive ketones (excluding diaryl/α,β-unsaturated/α-hetero) is 2. The largest absolute Gasteiger partial charge is 0.472 e. The highest BCUT2D eigenvalue weighted by molar-refractivity contribution is 6.08. The lowest BCUT2D eigenvalue weighted by atomic mass is 10.1. The van der Waals surface area contributed by atoms with Crippen LogP contribution in [0.1, 0.15) is 16.8 Å². The van der Waals surface area contributed by atoms with Gasteiger partial charge in [-0.15, -0.1) is 0 Å². The second kappa shape index (κ2) is 3.93. The molecule has 0 aliphatic carbocycles. The zero-order valence-electron chi connectivity index (χ0n) is 6.50. The van der Waals surface area contributed by atoms with Crippen LogP contribution in [-0.2, 0) is 4.79 Å². The zero-order valence-corrected chi connectivity index (χ0v) is 6.50. The minimum atomic E-state index is -3.09. The Balaban J connectivity index is 2.57. The molecule has 0 unspecified atom stereocenters. The van der Waals surface area contributed by atoms with Crippen LogP contribution in [0.2, 0.25) is 0 Å². The first-order valence-corrected chi connectivity index (χ1v) is 3.47. The summed E-state index contributed by atoms with van der Waals surface area (Å²) in [5.41, 5.74) is 0.133. The van der Waals surface area contributed by atoms with Gasteiger partial charge < -0.3 is 4.42 Å². The van der Waals surface area contributed by atoms with E-state index in [0.717, 1.165) is 6.26 Å². The smallest absolute Gasteiger partial charge is 0.296 e. The van der Waals surface area contributed by atoms with Crippen molar-refractivity contribution in [1.82, 2.24) is 0 Å². The van der Waals surface area contributed by atoms with E-state index >= 15 is 0 Å². The molecular formula is C8H6F2O3. The molecule has 0 radical (unpaired) electrons. The number of halogens is 2. The molecule has 70 valence electrons. The third-order valence-electron chi connectivity index (χ3n) is 1.42. The lowest BCUT2D eigenvalue weighted by Crippen LogP contribution is -2.14. The predicted molar refractivity (Wildman–Crippen MR) is 38.7 cm³/mol. The molecular weight excluding hydrogens is 182 g/mol. The van der Waals surface area contributed by atoms with E-state index in [9.17, 15) is 18.4 Å². The monoisotopic (exact) mass is 188 g/mol. The fourth-order valence-corrected chi connectivity index (χ4v) is 0.761. The second-order valence-electron chi connectivity index (χ2n) is 2.38. The maximum absolute atomic E-state index is 11.7. The van der Waals surface area contributed by atoms with Crippen molar-refractivity contribution in [3.8, 4) is 0 Å². The van der Waals surface area contributed by atoms with Crippen LogP contribution in [0, 0.1) is 0 Å². The van der Waals surface area contributed by atoms with Crippen molar-refractivity contribution in [2.24, 2.45) is 0 Å². The van der Waals surface area contributed by atoms with Crippen LogP contribution in [0.25, 0.3) is 0 Å². The molecule has 0 saturated carbocycles. The van der Waals surface area contributed by atoms with Crippen molar-refractivity contribution in [2.75, 3.05) is 0 Å². The molecule has 0 aliphatic rings. The first-order chi connectivity index (χ1) is 6.11. The second-order valence-corrected chi connectivity index (χ2v) is 2.38. The summed E-state index contributed by atoms with van der Waals surface area (Å²) in [6, 6.07) is 1.32. The van der Waals surface area contributed by atoms with E-state index < -0.39 is 24.4 Å². The van der Waals surface area contributed by atoms with Crippen LogP contribution in [0.15, 0.2) is 23.0 Å². The molecule has 0 amide bonds. The summed E-state index contributed by atoms with van der Waals surface area (Å²) in [6.07, 6.45) is -1.52. The van der Waals surface area contributed by atoms with E-state index in [0.29, 0.717) is 0 Å². The van der Waals surface area contributed by atoms with Gasteiger partial charge in [-0.25, -0.2) is 8.78 Å². The first-order valence-electron chi connectivity index (χ1n) is 3.47. The number of hydrogen-bond acceptors (Lipinski definition) is 3. The van der Waals surface area contributed by atoms with E-state index in [2.05, 4.69) is 4.42 Å². The van der Waals surface area contributed by atoms with E-state index in [4.69, 9.17) is 0 Å². The molecule has 0 atom stereocenters. The molecule has 0 aromatic carbocycles. The van der Waals surface area contributed by atoms with Gasteiger partial charge in [0.05, 0.1) is 18.2 Å². The molecule has 1 rings (SSSR count). The Bertz CT molecular complexity index is 303. The standard InChI is InChI=1S/C8H6F2O3/c9-8(10)7(12)3-6(11)5-1-2-13-4-5/h1-2,4,8H,3H2. The lowest BCUT2D eigenvalue weighted by Gasteiger charge is -1.95. The average Bonchev–Trinajstić information content (AvgIpc) is 2.55. The highest BCUT2D eigenvalue weighted by Gasteiger charge is 2.20. The number of carbonyl (C=O) groups excluding carboxylic acids is 2. The van der Waals surface area contributed by atoms with Gasteiger partial charge in [0.1, 0.15) is 6.26 Å². The zero-order chi connectivity index (χ0) is 9.84. The summed E-state index contributed by atoms with van der Waals surface area (Å²) in [5, 5.41) is 0. The molecule has 1 heterocycles. The van der Waals surface area contributed by atoms with Gasteiger partial charge in [0.2, 0.25) is 5.78 Å². The molecule has 1 aromatic rings. The van der Waals surface area contributed by atoms with E-state index in [1.165, 1.54) is 12.3 Å². The number of hydrogen-bond donors (Lipinski definition) is 0. The highest BCUT2D eigenvalue weighted by atomic mass is 19.3. The number of rotatable bonds is 4. The van der Waals surface area contributed by atoms with Crippen molar-refractivity contribution in [3.63, 3.8) is 0 Å². The predicted octanol–water partition coefficient (Wildman–Crippen LogP) is 1.69. The molecule has 0 fully saturated rings. The summed E-state index contributed by atoms with van der Waals surface area (Å²) in [7, 11) is 0. The molecule has 0 spiro atoms. The van der Waals surface area contributed by atoms with Gasteiger partial charge in [0, 0.05) is 0 Å². The highest BCUT2D eigenvalue weighted by Crippen LogP contribution is 2.07. The third-order valence-corrected chi connectivity index (χ3v) is 1.42. The Morgan fingerprint density at radius 2 is 2.15 bits per heavy atom. The van der Waals surface area contributed by atoms with Crippen LogP contribution in [0.4, 0.5) is 8.78 Å². The molecule has 0 bridgehead atoms. The minimum Gasteiger partial charge on any atom is -0.472 e. The Hall–Kier alpha value is -1.52. The number of carbonyl (C=O) groups is 2. The van der Waals surface area contributed by atoms with Gasteiger partial charge in [-0.2, -0.15) is 0 Å². The maximum Gasteiger partial charge on any atom is 0.296 e. The molecule has 13 heavy (non-hydrogen) atoms. The average molecular weight is 188 g/mol. The number of ketones is 2. The Labute approximate surface area is 72.3 Å². The molecule has 3 nitrogen and oxygen atoms in total. The van der Waals surface area contributed by atoms with Crippen molar-refractivity contribution in [1.29, 1.82) is 0 Å². The van der Waals surface area contributed by atoms with Gasteiger partial charge >= 0.3 is 0 Å². The number of furan rings is 1. The van der Waals surface area contributed by atoms with Crippen LogP contribution < -0.4 is 0 Å². The molecule has 1 aromatic heterocycles. The van der Waals surface area contributed by atoms with Crippen LogP contribution in [0.5, 0.6) is 0 Å². The maximum atomic E-state index is 11.7. The van der Waals surface area contributed by atoms with Crippen LogP contribution >= 0.6 is 0 Å². The first kappa shape index (κ1) is 9.57. The topological polar surface area (TPSA) is 47.3 Å². The quantitative estimate of drug-likeness (QED) is 0.533. The fraction of sp³-hybridized carbons (Fsp3) is 0.250. The van der Waals surface area contributed by atoms with E-state index in [1.54, 1.807) is 0 Å². The Morgan fingerprint density at radius 3 is 2.62 bits per heavy atom. The van der Waals surface area contributed by atoms with E-state index in [-0.39, 0.29) is 5.56 Å². The van der Waals surface area contributed by atoms with Gasteiger partial charge in [0.15, 0.2) is 5.78 Å². The minimum absolute atomic E-state index is 0.133. The molecule has 0 saturated heterocycles.